The maximum Gasteiger partial charge on any atom is 0.419 e. The van der Waals surface area contributed by atoms with Crippen LogP contribution in [0.4, 0.5) is 17.6 Å². The first-order valence-electron chi connectivity index (χ1n) is 8.23. The molecule has 3 nitrogen and oxygen atoms in total. The molecule has 8 heteroatoms. The summed E-state index contributed by atoms with van der Waals surface area (Å²) in [5, 5.41) is 0. The van der Waals surface area contributed by atoms with Gasteiger partial charge in [-0.2, -0.15) is 24.9 Å². The lowest BCUT2D eigenvalue weighted by Crippen LogP contribution is -2.44. The number of benzene rings is 1. The van der Waals surface area contributed by atoms with Gasteiger partial charge in [-0.1, -0.05) is 0 Å². The molecule has 25 heavy (non-hydrogen) atoms. The van der Waals surface area contributed by atoms with Crippen molar-refractivity contribution in [3.8, 4) is 0 Å². The van der Waals surface area contributed by atoms with Gasteiger partial charge in [-0.05, 0) is 43.2 Å². The third kappa shape index (κ3) is 4.28. The first-order valence-corrected chi connectivity index (χ1v) is 9.39. The molecule has 0 aliphatic carbocycles. The summed E-state index contributed by atoms with van der Waals surface area (Å²) in [7, 11) is 0. The number of amides is 1. The van der Waals surface area contributed by atoms with Crippen molar-refractivity contribution in [2.45, 2.75) is 37.6 Å². The third-order valence-corrected chi connectivity index (χ3v) is 5.70. The molecule has 1 aromatic rings. The highest BCUT2D eigenvalue weighted by molar-refractivity contribution is 7.99. The SMILES string of the molecule is O=C(c1ccc(F)c(C(F)(F)F)c1)N(C[C@H]1CCCO1)[C@H]1CCSC1. The highest BCUT2D eigenvalue weighted by atomic mass is 32.2. The van der Waals surface area contributed by atoms with Gasteiger partial charge in [0.15, 0.2) is 0 Å². The molecule has 2 atom stereocenters. The van der Waals surface area contributed by atoms with Crippen molar-refractivity contribution in [3.63, 3.8) is 0 Å². The fourth-order valence-corrected chi connectivity index (χ4v) is 4.44. The summed E-state index contributed by atoms with van der Waals surface area (Å²) >= 11 is 1.72. The first-order chi connectivity index (χ1) is 11.9. The van der Waals surface area contributed by atoms with Crippen LogP contribution in [0.3, 0.4) is 0 Å². The molecule has 0 radical (unpaired) electrons. The van der Waals surface area contributed by atoms with Gasteiger partial charge in [0.2, 0.25) is 0 Å². The van der Waals surface area contributed by atoms with Gasteiger partial charge in [0.25, 0.3) is 5.91 Å². The molecule has 0 saturated carbocycles. The summed E-state index contributed by atoms with van der Waals surface area (Å²) in [5.41, 5.74) is -1.54. The predicted molar refractivity (Wildman–Crippen MR) is 87.1 cm³/mol. The maximum atomic E-state index is 13.5. The minimum atomic E-state index is -4.83. The second-order valence-corrected chi connectivity index (χ2v) is 7.45. The number of thioether (sulfide) groups is 1. The summed E-state index contributed by atoms with van der Waals surface area (Å²) < 4.78 is 57.9. The molecule has 0 spiro atoms. The molecule has 2 aliphatic heterocycles. The van der Waals surface area contributed by atoms with E-state index in [2.05, 4.69) is 0 Å². The van der Waals surface area contributed by atoms with Crippen molar-refractivity contribution in [3.05, 3.63) is 35.1 Å². The Labute approximate surface area is 147 Å². The summed E-state index contributed by atoms with van der Waals surface area (Å²) in [4.78, 5) is 14.5. The van der Waals surface area contributed by atoms with E-state index < -0.39 is 23.5 Å². The normalized spacial score (nSPS) is 23.8. The zero-order valence-electron chi connectivity index (χ0n) is 13.5. The molecular weight excluding hydrogens is 358 g/mol. The molecule has 2 heterocycles. The standard InChI is InChI=1S/C17H19F4NO2S/c18-15-4-3-11(8-14(15)17(19,20)21)16(23)22(12-5-7-25-10-12)9-13-2-1-6-24-13/h3-4,8,12-13H,1-2,5-7,9-10H2/t12-,13+/m0/s1. The number of rotatable bonds is 4. The molecule has 0 bridgehead atoms. The molecule has 3 rings (SSSR count). The number of carbonyl (C=O) groups is 1. The van der Waals surface area contributed by atoms with Crippen molar-refractivity contribution in [1.29, 1.82) is 0 Å². The monoisotopic (exact) mass is 377 g/mol. The van der Waals surface area contributed by atoms with E-state index in [0.717, 1.165) is 36.8 Å². The molecule has 2 saturated heterocycles. The number of alkyl halides is 3. The van der Waals surface area contributed by atoms with Gasteiger partial charge in [-0.3, -0.25) is 4.79 Å². The van der Waals surface area contributed by atoms with Crippen LogP contribution in [0, 0.1) is 5.82 Å². The third-order valence-electron chi connectivity index (χ3n) is 4.55. The van der Waals surface area contributed by atoms with Crippen LogP contribution in [-0.2, 0) is 10.9 Å². The Morgan fingerprint density at radius 3 is 2.72 bits per heavy atom. The van der Waals surface area contributed by atoms with Crippen molar-refractivity contribution >= 4 is 17.7 Å². The van der Waals surface area contributed by atoms with Crippen LogP contribution in [0.1, 0.15) is 35.2 Å². The Balaban J connectivity index is 1.86. The zero-order valence-corrected chi connectivity index (χ0v) is 14.3. The maximum absolute atomic E-state index is 13.5. The number of halogens is 4. The van der Waals surface area contributed by atoms with E-state index in [0.29, 0.717) is 25.3 Å². The first kappa shape index (κ1) is 18.5. The summed E-state index contributed by atoms with van der Waals surface area (Å²) in [6.07, 6.45) is -2.36. The molecule has 138 valence electrons. The van der Waals surface area contributed by atoms with E-state index in [1.807, 2.05) is 0 Å². The van der Waals surface area contributed by atoms with Gasteiger partial charge >= 0.3 is 6.18 Å². The zero-order chi connectivity index (χ0) is 18.0. The van der Waals surface area contributed by atoms with Gasteiger partial charge in [0.05, 0.1) is 11.7 Å². The lowest BCUT2D eigenvalue weighted by molar-refractivity contribution is -0.140. The molecule has 0 aromatic heterocycles. The van der Waals surface area contributed by atoms with Crippen LogP contribution in [0.15, 0.2) is 18.2 Å². The lowest BCUT2D eigenvalue weighted by atomic mass is 10.1. The fourth-order valence-electron chi connectivity index (χ4n) is 3.21. The van der Waals surface area contributed by atoms with E-state index >= 15 is 0 Å². The van der Waals surface area contributed by atoms with Gasteiger partial charge in [0.1, 0.15) is 5.82 Å². The topological polar surface area (TPSA) is 29.5 Å². The number of hydrogen-bond donors (Lipinski definition) is 0. The Bertz CT molecular complexity index is 626. The van der Waals surface area contributed by atoms with Crippen LogP contribution in [-0.4, -0.2) is 47.6 Å². The smallest absolute Gasteiger partial charge is 0.376 e. The van der Waals surface area contributed by atoms with Crippen LogP contribution < -0.4 is 0 Å². The summed E-state index contributed by atoms with van der Waals surface area (Å²) in [6, 6.07) is 2.42. The average molecular weight is 377 g/mol. The van der Waals surface area contributed by atoms with Gasteiger partial charge in [0, 0.05) is 30.5 Å². The Hall–Kier alpha value is -1.28. The van der Waals surface area contributed by atoms with E-state index in [1.54, 1.807) is 16.7 Å². The summed E-state index contributed by atoms with van der Waals surface area (Å²) in [6.45, 7) is 1.00. The number of ether oxygens (including phenoxy) is 1. The highest BCUT2D eigenvalue weighted by Crippen LogP contribution is 2.33. The quantitative estimate of drug-likeness (QED) is 0.744. The Morgan fingerprint density at radius 2 is 2.12 bits per heavy atom. The second kappa shape index (κ2) is 7.53. The van der Waals surface area contributed by atoms with Crippen LogP contribution >= 0.6 is 11.8 Å². The minimum Gasteiger partial charge on any atom is -0.376 e. The van der Waals surface area contributed by atoms with Gasteiger partial charge < -0.3 is 9.64 Å². The number of carbonyl (C=O) groups excluding carboxylic acids is 1. The van der Waals surface area contributed by atoms with Crippen molar-refractivity contribution in [1.82, 2.24) is 4.90 Å². The average Bonchev–Trinajstić information content (AvgIpc) is 3.25. The Kier molecular flexibility index (Phi) is 5.58. The van der Waals surface area contributed by atoms with E-state index in [9.17, 15) is 22.4 Å². The van der Waals surface area contributed by atoms with Crippen LogP contribution in [0.5, 0.6) is 0 Å². The van der Waals surface area contributed by atoms with E-state index in [-0.39, 0.29) is 17.7 Å². The van der Waals surface area contributed by atoms with Gasteiger partial charge in [-0.25, -0.2) is 4.39 Å². The van der Waals surface area contributed by atoms with Crippen molar-refractivity contribution in [2.24, 2.45) is 0 Å². The molecule has 2 aliphatic rings. The van der Waals surface area contributed by atoms with Crippen molar-refractivity contribution in [2.75, 3.05) is 24.7 Å². The lowest BCUT2D eigenvalue weighted by Gasteiger charge is -2.31. The summed E-state index contributed by atoms with van der Waals surface area (Å²) in [5.74, 6) is -0.192. The van der Waals surface area contributed by atoms with E-state index in [1.165, 1.54) is 0 Å². The minimum absolute atomic E-state index is 0.0268. The molecule has 1 aromatic carbocycles. The fraction of sp³-hybridized carbons (Fsp3) is 0.588. The second-order valence-electron chi connectivity index (χ2n) is 6.30. The predicted octanol–water partition coefficient (Wildman–Crippen LogP) is 3.97. The molecule has 0 N–H and O–H groups in total. The molecule has 1 amide bonds. The van der Waals surface area contributed by atoms with Crippen molar-refractivity contribution < 1.29 is 27.1 Å². The molecule has 2 fully saturated rings. The van der Waals surface area contributed by atoms with E-state index in [4.69, 9.17) is 4.74 Å². The van der Waals surface area contributed by atoms with Gasteiger partial charge in [-0.15, -0.1) is 0 Å². The Morgan fingerprint density at radius 1 is 1.32 bits per heavy atom. The largest absolute Gasteiger partial charge is 0.419 e. The van der Waals surface area contributed by atoms with Crippen LogP contribution in [0.2, 0.25) is 0 Å². The highest BCUT2D eigenvalue weighted by Gasteiger charge is 2.36. The molecular formula is C17H19F4NO2S. The number of hydrogen-bond acceptors (Lipinski definition) is 3. The number of nitrogens with zero attached hydrogens (tertiary/aromatic N) is 1. The van der Waals surface area contributed by atoms with Crippen LogP contribution in [0.25, 0.3) is 0 Å². The molecule has 0 unspecified atom stereocenters.